The van der Waals surface area contributed by atoms with Crippen molar-refractivity contribution in [3.63, 3.8) is 0 Å². The van der Waals surface area contributed by atoms with E-state index in [0.717, 1.165) is 13.1 Å². The van der Waals surface area contributed by atoms with Gasteiger partial charge >= 0.3 is 0 Å². The van der Waals surface area contributed by atoms with Crippen LogP contribution in [-0.2, 0) is 4.79 Å². The summed E-state index contributed by atoms with van der Waals surface area (Å²) in [6.45, 7) is 8.52. The minimum atomic E-state index is -0.404. The van der Waals surface area contributed by atoms with Crippen LogP contribution in [0, 0.1) is 0 Å². The lowest BCUT2D eigenvalue weighted by Gasteiger charge is -2.26. The van der Waals surface area contributed by atoms with E-state index in [0.29, 0.717) is 17.1 Å². The van der Waals surface area contributed by atoms with Gasteiger partial charge in [-0.1, -0.05) is 37.0 Å². The summed E-state index contributed by atoms with van der Waals surface area (Å²) in [6, 6.07) is 4.84. The second-order valence-electron chi connectivity index (χ2n) is 5.18. The van der Waals surface area contributed by atoms with Gasteiger partial charge < -0.3 is 10.6 Å². The van der Waals surface area contributed by atoms with E-state index >= 15 is 0 Å². The zero-order chi connectivity index (χ0) is 17.4. The molecule has 0 aliphatic heterocycles. The van der Waals surface area contributed by atoms with Crippen LogP contribution in [0.4, 0.5) is 0 Å². The molecule has 2 N–H and O–H groups in total. The highest BCUT2D eigenvalue weighted by atomic mass is 35.5. The summed E-state index contributed by atoms with van der Waals surface area (Å²) in [5.41, 5.74) is 0.292. The quantitative estimate of drug-likeness (QED) is 0.749. The fourth-order valence-electron chi connectivity index (χ4n) is 2.23. The Labute approximate surface area is 147 Å². The van der Waals surface area contributed by atoms with Crippen molar-refractivity contribution in [1.29, 1.82) is 0 Å². The van der Waals surface area contributed by atoms with E-state index in [1.165, 1.54) is 12.1 Å². The number of hydrogen-bond acceptors (Lipinski definition) is 3. The van der Waals surface area contributed by atoms with Gasteiger partial charge in [0, 0.05) is 17.6 Å². The second-order valence-corrected chi connectivity index (χ2v) is 6.02. The minimum absolute atomic E-state index is 0.0945. The first-order valence-corrected chi connectivity index (χ1v) is 8.38. The number of halogens is 2. The first-order chi connectivity index (χ1) is 10.9. The number of carbonyl (C=O) groups is 2. The van der Waals surface area contributed by atoms with Gasteiger partial charge in [0.05, 0.1) is 17.1 Å². The molecule has 1 atom stereocenters. The fraction of sp³-hybridized carbons (Fsp3) is 0.500. The summed E-state index contributed by atoms with van der Waals surface area (Å²) in [7, 11) is 0. The maximum Gasteiger partial charge on any atom is 0.253 e. The fourth-order valence-corrected chi connectivity index (χ4v) is 2.72. The molecule has 1 unspecified atom stereocenters. The van der Waals surface area contributed by atoms with Crippen LogP contribution in [0.15, 0.2) is 18.2 Å². The molecule has 0 saturated carbocycles. The highest BCUT2D eigenvalue weighted by Gasteiger charge is 2.14. The summed E-state index contributed by atoms with van der Waals surface area (Å²) < 4.78 is 0. The van der Waals surface area contributed by atoms with E-state index in [1.807, 2.05) is 0 Å². The third-order valence-corrected chi connectivity index (χ3v) is 4.16. The molecule has 0 aliphatic rings. The largest absolute Gasteiger partial charge is 0.353 e. The number of amides is 2. The van der Waals surface area contributed by atoms with Gasteiger partial charge in [0.15, 0.2) is 0 Å². The van der Waals surface area contributed by atoms with E-state index in [1.54, 1.807) is 6.07 Å². The molecular weight excluding hydrogens is 337 g/mol. The van der Waals surface area contributed by atoms with E-state index in [-0.39, 0.29) is 23.5 Å². The summed E-state index contributed by atoms with van der Waals surface area (Å²) in [5.74, 6) is -0.638. The summed E-state index contributed by atoms with van der Waals surface area (Å²) in [4.78, 5) is 26.1. The van der Waals surface area contributed by atoms with Crippen molar-refractivity contribution >= 4 is 35.0 Å². The van der Waals surface area contributed by atoms with Crippen LogP contribution in [0.5, 0.6) is 0 Å². The van der Waals surface area contributed by atoms with E-state index in [2.05, 4.69) is 36.3 Å². The van der Waals surface area contributed by atoms with Crippen molar-refractivity contribution in [2.45, 2.75) is 26.8 Å². The van der Waals surface area contributed by atoms with Crippen molar-refractivity contribution < 1.29 is 9.59 Å². The molecule has 5 nitrogen and oxygen atoms in total. The highest BCUT2D eigenvalue weighted by Crippen LogP contribution is 2.20. The lowest BCUT2D eigenvalue weighted by molar-refractivity contribution is -0.120. The molecule has 1 aromatic rings. The Balaban J connectivity index is 2.42. The number of nitrogens with zero attached hydrogens (tertiary/aromatic N) is 1. The van der Waals surface area contributed by atoms with Crippen molar-refractivity contribution in [3.05, 3.63) is 33.8 Å². The summed E-state index contributed by atoms with van der Waals surface area (Å²) in [5, 5.41) is 6.07. The third kappa shape index (κ3) is 6.37. The second kappa shape index (κ2) is 9.75. The van der Waals surface area contributed by atoms with Crippen LogP contribution in [-0.4, -0.2) is 48.9 Å². The van der Waals surface area contributed by atoms with Crippen molar-refractivity contribution in [1.82, 2.24) is 15.5 Å². The van der Waals surface area contributed by atoms with Gasteiger partial charge in [-0.05, 0) is 38.2 Å². The van der Waals surface area contributed by atoms with Crippen molar-refractivity contribution in [2.24, 2.45) is 0 Å². The molecule has 0 bridgehead atoms. The first kappa shape index (κ1) is 19.7. The molecular formula is C16H23Cl2N3O2. The molecule has 128 valence electrons. The van der Waals surface area contributed by atoms with Crippen LogP contribution >= 0.6 is 23.2 Å². The molecule has 23 heavy (non-hydrogen) atoms. The topological polar surface area (TPSA) is 61.4 Å². The SMILES string of the molecule is CCN(CC)C(C)CNC(=O)CNC(=O)c1ccc(Cl)cc1Cl. The highest BCUT2D eigenvalue weighted by molar-refractivity contribution is 6.36. The zero-order valence-corrected chi connectivity index (χ0v) is 15.2. The Hall–Kier alpha value is -1.30. The normalized spacial score (nSPS) is 12.1. The Morgan fingerprint density at radius 2 is 1.83 bits per heavy atom. The van der Waals surface area contributed by atoms with E-state index in [9.17, 15) is 9.59 Å². The Bertz CT molecular complexity index is 548. The third-order valence-electron chi connectivity index (χ3n) is 3.62. The van der Waals surface area contributed by atoms with E-state index in [4.69, 9.17) is 23.2 Å². The van der Waals surface area contributed by atoms with Gasteiger partial charge in [-0.2, -0.15) is 0 Å². The number of carbonyl (C=O) groups excluding carboxylic acids is 2. The molecule has 0 radical (unpaired) electrons. The zero-order valence-electron chi connectivity index (χ0n) is 13.7. The molecule has 7 heteroatoms. The van der Waals surface area contributed by atoms with Crippen LogP contribution in [0.2, 0.25) is 10.0 Å². The predicted molar refractivity (Wildman–Crippen MR) is 94.2 cm³/mol. The Morgan fingerprint density at radius 1 is 1.17 bits per heavy atom. The number of rotatable bonds is 8. The summed E-state index contributed by atoms with van der Waals surface area (Å²) in [6.07, 6.45) is 0. The number of benzene rings is 1. The average Bonchev–Trinajstić information content (AvgIpc) is 2.51. The van der Waals surface area contributed by atoms with Crippen LogP contribution in [0.3, 0.4) is 0 Å². The molecule has 2 amide bonds. The van der Waals surface area contributed by atoms with E-state index < -0.39 is 5.91 Å². The van der Waals surface area contributed by atoms with Gasteiger partial charge in [-0.25, -0.2) is 0 Å². The molecule has 0 heterocycles. The van der Waals surface area contributed by atoms with Gasteiger partial charge in [0.25, 0.3) is 5.91 Å². The van der Waals surface area contributed by atoms with Crippen molar-refractivity contribution in [2.75, 3.05) is 26.2 Å². The predicted octanol–water partition coefficient (Wildman–Crippen LogP) is 2.57. The van der Waals surface area contributed by atoms with Crippen LogP contribution < -0.4 is 10.6 Å². The Kier molecular flexibility index (Phi) is 8.37. The smallest absolute Gasteiger partial charge is 0.253 e. The molecule has 0 aromatic heterocycles. The first-order valence-electron chi connectivity index (χ1n) is 7.63. The molecule has 0 aliphatic carbocycles. The maximum atomic E-state index is 12.0. The number of likely N-dealkylation sites (N-methyl/N-ethyl adjacent to an activating group) is 1. The monoisotopic (exact) mass is 359 g/mol. The van der Waals surface area contributed by atoms with Crippen LogP contribution in [0.25, 0.3) is 0 Å². The molecule has 0 fully saturated rings. The van der Waals surface area contributed by atoms with Crippen molar-refractivity contribution in [3.8, 4) is 0 Å². The molecule has 1 aromatic carbocycles. The Morgan fingerprint density at radius 3 is 2.39 bits per heavy atom. The lowest BCUT2D eigenvalue weighted by atomic mass is 10.2. The molecule has 0 spiro atoms. The van der Waals surface area contributed by atoms with Gasteiger partial charge in [-0.3, -0.25) is 14.5 Å². The summed E-state index contributed by atoms with van der Waals surface area (Å²) >= 11 is 11.7. The average molecular weight is 360 g/mol. The standard InChI is InChI=1S/C16H23Cl2N3O2/c1-4-21(5-2)11(3)9-19-15(22)10-20-16(23)13-7-6-12(17)8-14(13)18/h6-8,11H,4-5,9-10H2,1-3H3,(H,19,22)(H,20,23). The molecule has 1 rings (SSSR count). The lowest BCUT2D eigenvalue weighted by Crippen LogP contribution is -2.44. The number of nitrogens with one attached hydrogen (secondary N) is 2. The minimum Gasteiger partial charge on any atom is -0.353 e. The van der Waals surface area contributed by atoms with Crippen LogP contribution in [0.1, 0.15) is 31.1 Å². The van der Waals surface area contributed by atoms with Gasteiger partial charge in [-0.15, -0.1) is 0 Å². The maximum absolute atomic E-state index is 12.0. The molecule has 0 saturated heterocycles. The number of hydrogen-bond donors (Lipinski definition) is 2. The van der Waals surface area contributed by atoms with Gasteiger partial charge in [0.1, 0.15) is 0 Å². The van der Waals surface area contributed by atoms with Gasteiger partial charge in [0.2, 0.25) is 5.91 Å².